The molecule has 0 unspecified atom stereocenters. The fourth-order valence-electron chi connectivity index (χ4n) is 1.36. The summed E-state index contributed by atoms with van der Waals surface area (Å²) in [6.07, 6.45) is -4.03. The van der Waals surface area contributed by atoms with E-state index in [9.17, 15) is 13.2 Å². The number of nitrogens with zero attached hydrogens (tertiary/aromatic N) is 2. The first-order valence-electron chi connectivity index (χ1n) is 6.24. The van der Waals surface area contributed by atoms with Gasteiger partial charge in [-0.05, 0) is 25.5 Å². The van der Waals surface area contributed by atoms with Crippen LogP contribution in [0.25, 0.3) is 0 Å². The predicted molar refractivity (Wildman–Crippen MR) is 64.8 cm³/mol. The second-order valence-corrected chi connectivity index (χ2v) is 4.11. The highest BCUT2D eigenvalue weighted by atomic mass is 19.4. The number of alkyl halides is 3. The zero-order valence-corrected chi connectivity index (χ0v) is 10.8. The van der Waals surface area contributed by atoms with Gasteiger partial charge in [-0.2, -0.15) is 18.3 Å². The Kier molecular flexibility index (Phi) is 6.55. The number of aromatic nitrogens is 2. The highest BCUT2D eigenvalue weighted by Gasteiger charge is 2.26. The van der Waals surface area contributed by atoms with Crippen molar-refractivity contribution in [3.05, 3.63) is 17.8 Å². The van der Waals surface area contributed by atoms with Gasteiger partial charge in [0.2, 0.25) is 5.88 Å². The second-order valence-electron chi connectivity index (χ2n) is 4.11. The van der Waals surface area contributed by atoms with E-state index in [2.05, 4.69) is 22.4 Å². The van der Waals surface area contributed by atoms with Crippen LogP contribution in [-0.4, -0.2) is 29.5 Å². The fraction of sp³-hybridized carbons (Fsp3) is 0.667. The second kappa shape index (κ2) is 7.93. The first-order valence-corrected chi connectivity index (χ1v) is 6.24. The lowest BCUT2D eigenvalue weighted by molar-refractivity contribution is -0.136. The van der Waals surface area contributed by atoms with Crippen LogP contribution in [0.15, 0.2) is 12.1 Å². The van der Waals surface area contributed by atoms with Crippen LogP contribution in [0, 0.1) is 0 Å². The summed E-state index contributed by atoms with van der Waals surface area (Å²) in [7, 11) is 0. The van der Waals surface area contributed by atoms with Gasteiger partial charge in [-0.1, -0.05) is 6.92 Å². The van der Waals surface area contributed by atoms with Gasteiger partial charge in [-0.3, -0.25) is 0 Å². The van der Waals surface area contributed by atoms with Crippen molar-refractivity contribution in [3.8, 4) is 5.88 Å². The van der Waals surface area contributed by atoms with E-state index in [-0.39, 0.29) is 18.9 Å². The highest BCUT2D eigenvalue weighted by Crippen LogP contribution is 2.21. The molecule has 1 heterocycles. The zero-order chi connectivity index (χ0) is 14.1. The van der Waals surface area contributed by atoms with Crippen molar-refractivity contribution < 1.29 is 17.9 Å². The van der Waals surface area contributed by atoms with Crippen LogP contribution in [0.5, 0.6) is 5.88 Å². The van der Waals surface area contributed by atoms with Crippen LogP contribution in [-0.2, 0) is 6.54 Å². The van der Waals surface area contributed by atoms with E-state index >= 15 is 0 Å². The van der Waals surface area contributed by atoms with Gasteiger partial charge in [0, 0.05) is 19.0 Å². The Morgan fingerprint density at radius 2 is 2.05 bits per heavy atom. The summed E-state index contributed by atoms with van der Waals surface area (Å²) in [5.74, 6) is 0.251. The standard InChI is InChI=1S/C12H18F3N3O/c1-2-7-16-9-10-4-5-11(18-17-10)19-8-3-6-12(13,14)15/h4-5,16H,2-3,6-9H2,1H3. The van der Waals surface area contributed by atoms with Gasteiger partial charge in [0.1, 0.15) is 0 Å². The number of ether oxygens (including phenoxy) is 1. The molecule has 0 radical (unpaired) electrons. The lowest BCUT2D eigenvalue weighted by Crippen LogP contribution is -2.15. The average Bonchev–Trinajstić information content (AvgIpc) is 2.36. The zero-order valence-electron chi connectivity index (χ0n) is 10.8. The van der Waals surface area contributed by atoms with Gasteiger partial charge in [-0.25, -0.2) is 0 Å². The van der Waals surface area contributed by atoms with Crippen LogP contribution in [0.4, 0.5) is 13.2 Å². The number of hydrogen-bond acceptors (Lipinski definition) is 4. The molecule has 0 saturated carbocycles. The fourth-order valence-corrected chi connectivity index (χ4v) is 1.36. The molecule has 0 atom stereocenters. The lowest BCUT2D eigenvalue weighted by atomic mass is 10.3. The van der Waals surface area contributed by atoms with E-state index in [1.165, 1.54) is 0 Å². The van der Waals surface area contributed by atoms with E-state index in [0.29, 0.717) is 6.54 Å². The Morgan fingerprint density at radius 1 is 1.26 bits per heavy atom. The highest BCUT2D eigenvalue weighted by molar-refractivity contribution is 5.11. The van der Waals surface area contributed by atoms with E-state index < -0.39 is 12.6 Å². The quantitative estimate of drug-likeness (QED) is 0.742. The summed E-state index contributed by atoms with van der Waals surface area (Å²) in [6.45, 7) is 3.57. The Balaban J connectivity index is 2.24. The number of nitrogens with one attached hydrogen (secondary N) is 1. The molecule has 1 N–H and O–H groups in total. The molecule has 0 aliphatic rings. The first-order chi connectivity index (χ1) is 9.01. The first kappa shape index (κ1) is 15.7. The van der Waals surface area contributed by atoms with Crippen molar-refractivity contribution in [1.29, 1.82) is 0 Å². The summed E-state index contributed by atoms with van der Waals surface area (Å²) >= 11 is 0. The Labute approximate surface area is 110 Å². The van der Waals surface area contributed by atoms with Crippen molar-refractivity contribution in [1.82, 2.24) is 15.5 Å². The number of rotatable bonds is 8. The Bertz CT molecular complexity index is 354. The molecular weight excluding hydrogens is 259 g/mol. The smallest absolute Gasteiger partial charge is 0.389 e. The molecule has 0 spiro atoms. The molecule has 0 bridgehead atoms. The average molecular weight is 277 g/mol. The Morgan fingerprint density at radius 3 is 2.63 bits per heavy atom. The molecule has 7 heteroatoms. The van der Waals surface area contributed by atoms with Crippen molar-refractivity contribution in [2.45, 2.75) is 38.9 Å². The van der Waals surface area contributed by atoms with Crippen molar-refractivity contribution in [2.75, 3.05) is 13.2 Å². The summed E-state index contributed by atoms with van der Waals surface area (Å²) in [5, 5.41) is 10.9. The molecule has 4 nitrogen and oxygen atoms in total. The van der Waals surface area contributed by atoms with Crippen LogP contribution in [0.1, 0.15) is 31.9 Å². The van der Waals surface area contributed by atoms with E-state index in [1.807, 2.05) is 0 Å². The van der Waals surface area contributed by atoms with Crippen LogP contribution in [0.3, 0.4) is 0 Å². The van der Waals surface area contributed by atoms with Gasteiger partial charge < -0.3 is 10.1 Å². The molecule has 1 rings (SSSR count). The largest absolute Gasteiger partial charge is 0.477 e. The summed E-state index contributed by atoms with van der Waals surface area (Å²) in [6, 6.07) is 3.36. The summed E-state index contributed by atoms with van der Waals surface area (Å²) in [4.78, 5) is 0. The van der Waals surface area contributed by atoms with Crippen LogP contribution in [0.2, 0.25) is 0 Å². The normalized spacial score (nSPS) is 11.6. The van der Waals surface area contributed by atoms with Gasteiger partial charge >= 0.3 is 6.18 Å². The number of hydrogen-bond donors (Lipinski definition) is 1. The molecule has 0 saturated heterocycles. The summed E-state index contributed by atoms with van der Waals surface area (Å²) in [5.41, 5.74) is 0.774. The molecule has 1 aromatic rings. The third-order valence-corrected chi connectivity index (χ3v) is 2.28. The van der Waals surface area contributed by atoms with Crippen LogP contribution >= 0.6 is 0 Å². The minimum Gasteiger partial charge on any atom is -0.477 e. The SMILES string of the molecule is CCCNCc1ccc(OCCCC(F)(F)F)nn1. The predicted octanol–water partition coefficient (Wildman–Crippen LogP) is 2.70. The van der Waals surface area contributed by atoms with Crippen molar-refractivity contribution >= 4 is 0 Å². The van der Waals surface area contributed by atoms with Gasteiger partial charge in [-0.15, -0.1) is 5.10 Å². The van der Waals surface area contributed by atoms with E-state index in [0.717, 1.165) is 18.7 Å². The number of halogens is 3. The molecular formula is C12H18F3N3O. The molecule has 0 aliphatic heterocycles. The third kappa shape index (κ3) is 7.61. The lowest BCUT2D eigenvalue weighted by Gasteiger charge is -2.07. The van der Waals surface area contributed by atoms with E-state index in [1.54, 1.807) is 12.1 Å². The minimum atomic E-state index is -4.14. The monoisotopic (exact) mass is 277 g/mol. The molecule has 1 aromatic heterocycles. The van der Waals surface area contributed by atoms with E-state index in [4.69, 9.17) is 4.74 Å². The maximum atomic E-state index is 11.9. The maximum absolute atomic E-state index is 11.9. The van der Waals surface area contributed by atoms with Gasteiger partial charge in [0.05, 0.1) is 12.3 Å². The molecule has 0 aromatic carbocycles. The minimum absolute atomic E-state index is 0.0123. The van der Waals surface area contributed by atoms with Crippen LogP contribution < -0.4 is 10.1 Å². The van der Waals surface area contributed by atoms with Crippen molar-refractivity contribution in [3.63, 3.8) is 0 Å². The molecule has 19 heavy (non-hydrogen) atoms. The molecule has 108 valence electrons. The topological polar surface area (TPSA) is 47.0 Å². The third-order valence-electron chi connectivity index (χ3n) is 2.28. The Hall–Kier alpha value is -1.37. The molecule has 0 aliphatic carbocycles. The van der Waals surface area contributed by atoms with Crippen molar-refractivity contribution in [2.24, 2.45) is 0 Å². The summed E-state index contributed by atoms with van der Waals surface area (Å²) < 4.78 is 40.8. The maximum Gasteiger partial charge on any atom is 0.389 e. The van der Waals surface area contributed by atoms with Gasteiger partial charge in [0.15, 0.2) is 0 Å². The molecule has 0 amide bonds. The molecule has 0 fully saturated rings. The van der Waals surface area contributed by atoms with Gasteiger partial charge in [0.25, 0.3) is 0 Å².